The molecule has 36 heavy (non-hydrogen) atoms. The Balaban J connectivity index is 4.25. The van der Waals surface area contributed by atoms with Crippen molar-refractivity contribution in [1.82, 2.24) is 0 Å². The average Bonchev–Trinajstić information content (AvgIpc) is 2.74. The van der Waals surface area contributed by atoms with Gasteiger partial charge in [0.15, 0.2) is 0 Å². The van der Waals surface area contributed by atoms with Crippen molar-refractivity contribution < 1.29 is 33.2 Å². The topological polar surface area (TPSA) is 96.2 Å². The highest BCUT2D eigenvalue weighted by atomic mass is 31.2. The second-order valence-electron chi connectivity index (χ2n) is 12.8. The maximum atomic E-state index is 12.3. The van der Waals surface area contributed by atoms with Crippen molar-refractivity contribution in [2.75, 3.05) is 40.9 Å². The standard InChI is InChI=1S/C28H60NO6P/c1-23(2)12-9-13-24(3)14-10-15-25(4)16-11-17-26(5)18-19-28(27(31)22-30)35-36(32,33)34-21-20-29(6,7)8/h23-28,30-31H,9-22H2,1-8H3/p+1/t24?,25?,26?,27-,28?/m0/s1. The molecule has 6 atom stereocenters. The van der Waals surface area contributed by atoms with Gasteiger partial charge >= 0.3 is 7.82 Å². The molecule has 7 nitrogen and oxygen atoms in total. The highest BCUT2D eigenvalue weighted by molar-refractivity contribution is 7.47. The fourth-order valence-corrected chi connectivity index (χ4v) is 5.41. The van der Waals surface area contributed by atoms with E-state index in [-0.39, 0.29) is 6.61 Å². The minimum Gasteiger partial charge on any atom is -0.394 e. The Morgan fingerprint density at radius 3 is 1.61 bits per heavy atom. The number of rotatable bonds is 23. The van der Waals surface area contributed by atoms with E-state index in [4.69, 9.17) is 9.05 Å². The van der Waals surface area contributed by atoms with Gasteiger partial charge in [0.05, 0.1) is 33.9 Å². The van der Waals surface area contributed by atoms with E-state index in [1.54, 1.807) is 0 Å². The molecule has 0 saturated heterocycles. The number of likely N-dealkylation sites (N-methyl/N-ethyl adjacent to an activating group) is 1. The van der Waals surface area contributed by atoms with Crippen molar-refractivity contribution in [3.8, 4) is 0 Å². The lowest BCUT2D eigenvalue weighted by Crippen LogP contribution is -2.37. The molecule has 0 aromatic carbocycles. The second-order valence-corrected chi connectivity index (χ2v) is 14.2. The summed E-state index contributed by atoms with van der Waals surface area (Å²) in [5, 5.41) is 19.5. The van der Waals surface area contributed by atoms with Gasteiger partial charge in [0.25, 0.3) is 0 Å². The molecule has 0 aliphatic heterocycles. The highest BCUT2D eigenvalue weighted by Crippen LogP contribution is 2.45. The van der Waals surface area contributed by atoms with Crippen LogP contribution < -0.4 is 0 Å². The van der Waals surface area contributed by atoms with Crippen LogP contribution in [0.4, 0.5) is 0 Å². The van der Waals surface area contributed by atoms with Crippen molar-refractivity contribution in [2.45, 2.75) is 117 Å². The Bertz CT molecular complexity index is 583. The van der Waals surface area contributed by atoms with Crippen LogP contribution in [-0.4, -0.2) is 72.7 Å². The summed E-state index contributed by atoms with van der Waals surface area (Å²) >= 11 is 0. The zero-order valence-corrected chi connectivity index (χ0v) is 25.7. The summed E-state index contributed by atoms with van der Waals surface area (Å²) in [4.78, 5) is 10.1. The normalized spacial score (nSPS) is 18.6. The molecule has 218 valence electrons. The minimum atomic E-state index is -4.31. The van der Waals surface area contributed by atoms with E-state index in [2.05, 4.69) is 34.6 Å². The Hall–Kier alpha value is -0.0100. The third kappa shape index (κ3) is 21.0. The maximum Gasteiger partial charge on any atom is 0.472 e. The number of phosphoric acid groups is 1. The molecule has 8 heteroatoms. The van der Waals surface area contributed by atoms with E-state index in [9.17, 15) is 19.7 Å². The number of hydrogen-bond acceptors (Lipinski definition) is 5. The smallest absolute Gasteiger partial charge is 0.394 e. The zero-order valence-electron chi connectivity index (χ0n) is 24.8. The minimum absolute atomic E-state index is 0.0743. The monoisotopic (exact) mass is 538 g/mol. The third-order valence-corrected chi connectivity index (χ3v) is 8.16. The first-order valence-electron chi connectivity index (χ1n) is 14.4. The summed E-state index contributed by atoms with van der Waals surface area (Å²) in [5.41, 5.74) is 0. The van der Waals surface area contributed by atoms with Crippen molar-refractivity contribution >= 4 is 7.82 Å². The van der Waals surface area contributed by atoms with Crippen molar-refractivity contribution in [2.24, 2.45) is 23.7 Å². The van der Waals surface area contributed by atoms with E-state index in [1.165, 1.54) is 44.9 Å². The summed E-state index contributed by atoms with van der Waals surface area (Å²) in [6, 6.07) is 0. The van der Waals surface area contributed by atoms with Gasteiger partial charge in [0, 0.05) is 0 Å². The Kier molecular flexibility index (Phi) is 19.1. The molecule has 0 heterocycles. The molecule has 0 amide bonds. The summed E-state index contributed by atoms with van der Waals surface area (Å²) in [6.07, 6.45) is 10.5. The molecule has 0 saturated carbocycles. The first kappa shape index (κ1) is 36.0. The molecule has 5 unspecified atom stereocenters. The average molecular weight is 539 g/mol. The highest BCUT2D eigenvalue weighted by Gasteiger charge is 2.31. The fraction of sp³-hybridized carbons (Fsp3) is 1.00. The molecule has 3 N–H and O–H groups in total. The van der Waals surface area contributed by atoms with Gasteiger partial charge < -0.3 is 19.6 Å². The molecule has 0 aliphatic rings. The molecule has 0 bridgehead atoms. The van der Waals surface area contributed by atoms with Gasteiger partial charge in [-0.15, -0.1) is 0 Å². The number of hydrogen-bond donors (Lipinski definition) is 3. The fourth-order valence-electron chi connectivity index (χ4n) is 4.45. The van der Waals surface area contributed by atoms with Crippen LogP contribution in [0.1, 0.15) is 105 Å². The predicted octanol–water partition coefficient (Wildman–Crippen LogP) is 6.40. The summed E-state index contributed by atoms with van der Waals surface area (Å²) in [6.45, 7) is 11.6. The van der Waals surface area contributed by atoms with E-state index in [1.807, 2.05) is 21.1 Å². The van der Waals surface area contributed by atoms with Crippen LogP contribution in [0.5, 0.6) is 0 Å². The summed E-state index contributed by atoms with van der Waals surface area (Å²) in [5.74, 6) is 2.78. The Morgan fingerprint density at radius 2 is 1.19 bits per heavy atom. The van der Waals surface area contributed by atoms with Crippen LogP contribution in [0.25, 0.3) is 0 Å². The number of aliphatic hydroxyl groups is 2. The number of quaternary nitrogens is 1. The number of phosphoric ester groups is 1. The zero-order chi connectivity index (χ0) is 27.8. The van der Waals surface area contributed by atoms with Gasteiger partial charge in [-0.3, -0.25) is 9.05 Å². The summed E-state index contributed by atoms with van der Waals surface area (Å²) in [7, 11) is 1.58. The van der Waals surface area contributed by atoms with E-state index in [0.29, 0.717) is 23.4 Å². The largest absolute Gasteiger partial charge is 0.472 e. The van der Waals surface area contributed by atoms with Gasteiger partial charge in [0.2, 0.25) is 0 Å². The Morgan fingerprint density at radius 1 is 0.750 bits per heavy atom. The van der Waals surface area contributed by atoms with Crippen LogP contribution in [0.15, 0.2) is 0 Å². The van der Waals surface area contributed by atoms with Gasteiger partial charge in [0.1, 0.15) is 19.3 Å². The first-order valence-corrected chi connectivity index (χ1v) is 15.9. The first-order chi connectivity index (χ1) is 16.6. The number of aliphatic hydroxyl groups excluding tert-OH is 2. The van der Waals surface area contributed by atoms with Crippen LogP contribution >= 0.6 is 7.82 Å². The van der Waals surface area contributed by atoms with Crippen molar-refractivity contribution in [3.05, 3.63) is 0 Å². The van der Waals surface area contributed by atoms with Crippen LogP contribution in [-0.2, 0) is 13.6 Å². The van der Waals surface area contributed by atoms with Crippen LogP contribution in [0.2, 0.25) is 0 Å². The lowest BCUT2D eigenvalue weighted by molar-refractivity contribution is -0.870. The van der Waals surface area contributed by atoms with E-state index in [0.717, 1.165) is 37.0 Å². The summed E-state index contributed by atoms with van der Waals surface area (Å²) < 4.78 is 23.3. The molecule has 0 aromatic heterocycles. The third-order valence-electron chi connectivity index (χ3n) is 7.11. The molecule has 0 spiro atoms. The van der Waals surface area contributed by atoms with E-state index >= 15 is 0 Å². The van der Waals surface area contributed by atoms with Gasteiger partial charge in [-0.25, -0.2) is 4.57 Å². The lowest BCUT2D eigenvalue weighted by Gasteiger charge is -2.27. The number of nitrogens with zero attached hydrogens (tertiary/aromatic N) is 1. The van der Waals surface area contributed by atoms with Crippen LogP contribution in [0.3, 0.4) is 0 Å². The van der Waals surface area contributed by atoms with Crippen LogP contribution in [0, 0.1) is 23.7 Å². The Labute approximate surface area is 223 Å². The molecular weight excluding hydrogens is 477 g/mol. The van der Waals surface area contributed by atoms with Gasteiger partial charge in [-0.2, -0.15) is 0 Å². The van der Waals surface area contributed by atoms with Gasteiger partial charge in [-0.1, -0.05) is 92.4 Å². The van der Waals surface area contributed by atoms with Crippen molar-refractivity contribution in [3.63, 3.8) is 0 Å². The molecular formula is C28H61NO6P+. The molecule has 0 radical (unpaired) electrons. The molecule has 0 rings (SSSR count). The van der Waals surface area contributed by atoms with Crippen molar-refractivity contribution in [1.29, 1.82) is 0 Å². The maximum absolute atomic E-state index is 12.3. The second kappa shape index (κ2) is 19.1. The predicted molar refractivity (Wildman–Crippen MR) is 150 cm³/mol. The molecule has 0 fully saturated rings. The van der Waals surface area contributed by atoms with Gasteiger partial charge in [-0.05, 0) is 36.5 Å². The lowest BCUT2D eigenvalue weighted by atomic mass is 9.90. The van der Waals surface area contributed by atoms with E-state index < -0.39 is 26.6 Å². The SMILES string of the molecule is CC(C)CCCC(C)CCCC(C)CCCC(C)CCC(OP(=O)(O)OCC[N+](C)(C)C)[C@@H](O)CO. The molecule has 0 aliphatic carbocycles. The molecule has 0 aromatic rings. The quantitative estimate of drug-likeness (QED) is 0.103.